The molecule has 192 valence electrons. The van der Waals surface area contributed by atoms with Crippen LogP contribution in [-0.4, -0.2) is 34.9 Å². The Morgan fingerprint density at radius 1 is 1.22 bits per heavy atom. The molecule has 0 bridgehead atoms. The van der Waals surface area contributed by atoms with Gasteiger partial charge in [0.2, 0.25) is 12.3 Å². The van der Waals surface area contributed by atoms with E-state index in [1.165, 1.54) is 11.6 Å². The van der Waals surface area contributed by atoms with Gasteiger partial charge in [-0.2, -0.15) is 0 Å². The minimum absolute atomic E-state index is 0.0401. The second-order valence-corrected chi connectivity index (χ2v) is 10.9. The van der Waals surface area contributed by atoms with Crippen LogP contribution in [0.4, 0.5) is 4.39 Å². The number of nitrogens with one attached hydrogen (secondary N) is 4. The molecule has 4 N–H and O–H groups in total. The maximum absolute atomic E-state index is 14.4. The zero-order valence-electron chi connectivity index (χ0n) is 20.8. The summed E-state index contributed by atoms with van der Waals surface area (Å²) in [6.07, 6.45) is 8.71. The van der Waals surface area contributed by atoms with E-state index < -0.39 is 5.54 Å². The Labute approximate surface area is 212 Å². The van der Waals surface area contributed by atoms with E-state index in [2.05, 4.69) is 38.6 Å². The molecule has 3 fully saturated rings. The summed E-state index contributed by atoms with van der Waals surface area (Å²) in [7, 11) is 0. The fraction of sp³-hybridized carbons (Fsp3) is 0.536. The summed E-state index contributed by atoms with van der Waals surface area (Å²) in [6, 6.07) is 11.4. The molecule has 5 rings (SSSR count). The van der Waals surface area contributed by atoms with Crippen molar-refractivity contribution in [3.63, 3.8) is 0 Å². The molecule has 7 nitrogen and oxygen atoms in total. The van der Waals surface area contributed by atoms with Gasteiger partial charge in [-0.25, -0.2) is 9.82 Å². The van der Waals surface area contributed by atoms with E-state index in [-0.39, 0.29) is 29.7 Å². The van der Waals surface area contributed by atoms with E-state index in [4.69, 9.17) is 0 Å². The first kappa shape index (κ1) is 24.8. The van der Waals surface area contributed by atoms with Crippen molar-refractivity contribution in [2.75, 3.05) is 0 Å². The molecular weight excluding hydrogens is 457 g/mol. The van der Waals surface area contributed by atoms with E-state index in [9.17, 15) is 14.0 Å². The lowest BCUT2D eigenvalue weighted by Gasteiger charge is -2.42. The van der Waals surface area contributed by atoms with Gasteiger partial charge in [0.05, 0.1) is 6.04 Å². The molecule has 8 heteroatoms. The molecule has 2 saturated carbocycles. The van der Waals surface area contributed by atoms with Crippen molar-refractivity contribution >= 4 is 12.3 Å². The largest absolute Gasteiger partial charge is 0.353 e. The van der Waals surface area contributed by atoms with Crippen LogP contribution in [0.5, 0.6) is 0 Å². The number of carbonyl (C=O) groups is 2. The topological polar surface area (TPSA) is 95.1 Å². The predicted octanol–water partition coefficient (Wildman–Crippen LogP) is 3.25. The van der Waals surface area contributed by atoms with Gasteiger partial charge in [-0.05, 0) is 93.5 Å². The molecule has 6 atom stereocenters. The number of hydrazine groups is 1. The highest BCUT2D eigenvalue weighted by molar-refractivity contribution is 5.79. The number of hydrogen-bond donors (Lipinski definition) is 4. The number of nitrogens with zero attached hydrogens (tertiary/aromatic N) is 1. The minimum Gasteiger partial charge on any atom is -0.353 e. The number of fused-ring (bicyclic) bond motifs is 1. The number of pyridine rings is 1. The molecule has 1 saturated heterocycles. The Morgan fingerprint density at radius 2 is 2.08 bits per heavy atom. The summed E-state index contributed by atoms with van der Waals surface area (Å²) in [5.74, 6) is 0.132. The molecule has 1 aliphatic heterocycles. The highest BCUT2D eigenvalue weighted by Gasteiger charge is 2.44. The summed E-state index contributed by atoms with van der Waals surface area (Å²) in [5, 5.41) is 6.30. The summed E-state index contributed by atoms with van der Waals surface area (Å²) in [4.78, 5) is 29.2. The normalized spacial score (nSPS) is 31.9. The molecule has 2 aliphatic carbocycles. The predicted molar refractivity (Wildman–Crippen MR) is 135 cm³/mol. The zero-order valence-corrected chi connectivity index (χ0v) is 20.8. The third kappa shape index (κ3) is 5.30. The molecule has 2 aromatic rings. The van der Waals surface area contributed by atoms with Crippen LogP contribution in [0.25, 0.3) is 0 Å². The van der Waals surface area contributed by atoms with Crippen LogP contribution in [0.15, 0.2) is 42.6 Å². The number of aromatic nitrogens is 1. The number of rotatable bonds is 7. The van der Waals surface area contributed by atoms with Crippen LogP contribution >= 0.6 is 0 Å². The molecule has 0 radical (unpaired) electrons. The van der Waals surface area contributed by atoms with Crippen LogP contribution in [0, 0.1) is 24.6 Å². The van der Waals surface area contributed by atoms with Gasteiger partial charge < -0.3 is 10.6 Å². The fourth-order valence-electron chi connectivity index (χ4n) is 6.67. The van der Waals surface area contributed by atoms with Crippen LogP contribution < -0.4 is 21.5 Å². The van der Waals surface area contributed by atoms with Crippen LogP contribution in [0.2, 0.25) is 0 Å². The van der Waals surface area contributed by atoms with Crippen molar-refractivity contribution in [1.29, 1.82) is 0 Å². The van der Waals surface area contributed by atoms with E-state index in [1.54, 1.807) is 12.1 Å². The Hall–Kier alpha value is -2.84. The number of amides is 2. The average molecular weight is 494 g/mol. The monoisotopic (exact) mass is 493 g/mol. The van der Waals surface area contributed by atoms with Crippen molar-refractivity contribution in [1.82, 2.24) is 26.5 Å². The van der Waals surface area contributed by atoms with Gasteiger partial charge >= 0.3 is 0 Å². The summed E-state index contributed by atoms with van der Waals surface area (Å²) in [5.41, 5.74) is 9.13. The SMILES string of the molecule is Cc1cc(C2NNC3CCC(C(=O)NC4CCCC(Cc5ccccc5F)(NC=O)C4)CC32)ccn1. The van der Waals surface area contributed by atoms with Crippen molar-refractivity contribution in [3.05, 3.63) is 65.2 Å². The fourth-order valence-corrected chi connectivity index (χ4v) is 6.67. The zero-order chi connectivity index (χ0) is 25.1. The molecule has 36 heavy (non-hydrogen) atoms. The van der Waals surface area contributed by atoms with Gasteiger partial charge in [0.15, 0.2) is 0 Å². The number of halogens is 1. The molecule has 2 heterocycles. The first-order chi connectivity index (χ1) is 17.5. The number of benzene rings is 1. The first-order valence-corrected chi connectivity index (χ1v) is 13.1. The average Bonchev–Trinajstić information content (AvgIpc) is 3.29. The molecule has 1 aromatic heterocycles. The minimum atomic E-state index is -0.554. The van der Waals surface area contributed by atoms with Crippen molar-refractivity contribution in [3.8, 4) is 0 Å². The smallest absolute Gasteiger partial charge is 0.223 e. The lowest BCUT2D eigenvalue weighted by Crippen LogP contribution is -2.55. The molecule has 0 spiro atoms. The molecule has 6 unspecified atom stereocenters. The van der Waals surface area contributed by atoms with Gasteiger partial charge in [0.1, 0.15) is 5.82 Å². The molecule has 1 aromatic carbocycles. The lowest BCUT2D eigenvalue weighted by atomic mass is 9.73. The lowest BCUT2D eigenvalue weighted by molar-refractivity contribution is -0.127. The van der Waals surface area contributed by atoms with Crippen molar-refractivity contribution < 1.29 is 14.0 Å². The van der Waals surface area contributed by atoms with Gasteiger partial charge in [0, 0.05) is 35.4 Å². The highest BCUT2D eigenvalue weighted by atomic mass is 19.1. The number of aryl methyl sites for hydroxylation is 1. The Kier molecular flexibility index (Phi) is 7.34. The second-order valence-electron chi connectivity index (χ2n) is 10.9. The van der Waals surface area contributed by atoms with Gasteiger partial charge in [0.25, 0.3) is 0 Å². The van der Waals surface area contributed by atoms with E-state index >= 15 is 0 Å². The third-order valence-electron chi connectivity index (χ3n) is 8.45. The first-order valence-electron chi connectivity index (χ1n) is 13.1. The second kappa shape index (κ2) is 10.6. The van der Waals surface area contributed by atoms with E-state index in [0.717, 1.165) is 44.2 Å². The van der Waals surface area contributed by atoms with Gasteiger partial charge in [-0.1, -0.05) is 18.2 Å². The van der Waals surface area contributed by atoms with Gasteiger partial charge in [-0.3, -0.25) is 20.0 Å². The molecule has 2 amide bonds. The van der Waals surface area contributed by atoms with Crippen LogP contribution in [0.1, 0.15) is 67.8 Å². The van der Waals surface area contributed by atoms with E-state index in [0.29, 0.717) is 36.8 Å². The molecule has 3 aliphatic rings. The summed E-state index contributed by atoms with van der Waals surface area (Å²) in [6.45, 7) is 2.00. The standard InChI is InChI=1S/C28H36FN5O2/c1-18-13-19(10-12-30-18)26-23-14-20(8-9-25(23)33-34-26)27(36)32-22-6-4-11-28(16-22,31-17-35)15-21-5-2-3-7-24(21)29/h2-3,5,7,10,12-13,17,20,22-23,25-26,33-34H,4,6,8-9,11,14-16H2,1H3,(H,31,35)(H,32,36). The number of hydrogen-bond acceptors (Lipinski definition) is 5. The Bertz CT molecular complexity index is 1100. The van der Waals surface area contributed by atoms with E-state index in [1.807, 2.05) is 19.2 Å². The summed E-state index contributed by atoms with van der Waals surface area (Å²) < 4.78 is 14.4. The van der Waals surface area contributed by atoms with Crippen molar-refractivity contribution in [2.45, 2.75) is 82.0 Å². The Morgan fingerprint density at radius 3 is 2.89 bits per heavy atom. The highest BCUT2D eigenvalue weighted by Crippen LogP contribution is 2.41. The Balaban J connectivity index is 1.24. The third-order valence-corrected chi connectivity index (χ3v) is 8.45. The van der Waals surface area contributed by atoms with Gasteiger partial charge in [-0.15, -0.1) is 0 Å². The summed E-state index contributed by atoms with van der Waals surface area (Å²) >= 11 is 0. The number of carbonyl (C=O) groups excluding carboxylic acids is 2. The maximum atomic E-state index is 14.4. The van der Waals surface area contributed by atoms with Crippen molar-refractivity contribution in [2.24, 2.45) is 11.8 Å². The van der Waals surface area contributed by atoms with Crippen LogP contribution in [0.3, 0.4) is 0 Å². The molecular formula is C28H36FN5O2. The quantitative estimate of drug-likeness (QED) is 0.444. The van der Waals surface area contributed by atoms with Crippen LogP contribution in [-0.2, 0) is 16.0 Å². The maximum Gasteiger partial charge on any atom is 0.223 e.